The Balaban J connectivity index is 1.66. The normalized spacial score (nSPS) is 10.3. The fourth-order valence-corrected chi connectivity index (χ4v) is 3.17. The lowest BCUT2D eigenvalue weighted by Crippen LogP contribution is -2.24. The number of anilines is 3. The first kappa shape index (κ1) is 20.9. The number of carbonyl (C=O) groups is 1. The van der Waals surface area contributed by atoms with Crippen LogP contribution in [0, 0.1) is 17.0 Å². The van der Waals surface area contributed by atoms with Crippen LogP contribution >= 0.6 is 0 Å². The molecule has 0 aliphatic rings. The molecule has 0 saturated carbocycles. The fraction of sp³-hybridized carbons (Fsp3) is 0.174. The van der Waals surface area contributed by atoms with Gasteiger partial charge in [-0.2, -0.15) is 0 Å². The molecule has 0 atom stereocenters. The van der Waals surface area contributed by atoms with E-state index in [1.165, 1.54) is 11.6 Å². The Labute approximate surface area is 175 Å². The Morgan fingerprint density at radius 3 is 2.43 bits per heavy atom. The van der Waals surface area contributed by atoms with Gasteiger partial charge in [-0.25, -0.2) is 0 Å². The lowest BCUT2D eigenvalue weighted by molar-refractivity contribution is -0.384. The number of carbonyl (C=O) groups excluding carboxylic acids is 1. The number of aryl methyl sites for hydroxylation is 1. The molecule has 7 heteroatoms. The maximum absolute atomic E-state index is 12.4. The van der Waals surface area contributed by atoms with E-state index in [-0.39, 0.29) is 23.8 Å². The van der Waals surface area contributed by atoms with E-state index in [0.29, 0.717) is 0 Å². The van der Waals surface area contributed by atoms with Gasteiger partial charge < -0.3 is 15.5 Å². The van der Waals surface area contributed by atoms with E-state index in [2.05, 4.69) is 27.7 Å². The highest BCUT2D eigenvalue weighted by molar-refractivity contribution is 5.96. The maximum Gasteiger partial charge on any atom is 0.293 e. The minimum atomic E-state index is -0.496. The van der Waals surface area contributed by atoms with Crippen molar-refractivity contribution in [1.82, 2.24) is 0 Å². The van der Waals surface area contributed by atoms with Gasteiger partial charge in [-0.05, 0) is 36.2 Å². The van der Waals surface area contributed by atoms with Gasteiger partial charge in [0.05, 0.1) is 22.8 Å². The molecule has 0 aliphatic carbocycles. The van der Waals surface area contributed by atoms with Crippen molar-refractivity contribution in [3.8, 4) is 0 Å². The van der Waals surface area contributed by atoms with E-state index in [1.54, 1.807) is 19.1 Å². The molecule has 3 aromatic rings. The topological polar surface area (TPSA) is 87.5 Å². The van der Waals surface area contributed by atoms with E-state index in [4.69, 9.17) is 0 Å². The van der Waals surface area contributed by atoms with Crippen LogP contribution in [0.3, 0.4) is 0 Å². The predicted octanol–water partition coefficient (Wildman–Crippen LogP) is 4.59. The van der Waals surface area contributed by atoms with Gasteiger partial charge in [0, 0.05) is 19.7 Å². The van der Waals surface area contributed by atoms with Crippen LogP contribution in [0.15, 0.2) is 72.8 Å². The zero-order valence-corrected chi connectivity index (χ0v) is 17.0. The largest absolute Gasteiger partial charge is 0.374 e. The quantitative estimate of drug-likeness (QED) is 0.423. The van der Waals surface area contributed by atoms with Gasteiger partial charge >= 0.3 is 0 Å². The number of rotatable bonds is 8. The van der Waals surface area contributed by atoms with Crippen LogP contribution in [-0.2, 0) is 11.3 Å². The number of hydrogen-bond acceptors (Lipinski definition) is 5. The molecule has 0 aliphatic heterocycles. The van der Waals surface area contributed by atoms with E-state index in [9.17, 15) is 14.9 Å². The summed E-state index contributed by atoms with van der Waals surface area (Å²) < 4.78 is 0. The molecule has 154 valence electrons. The molecule has 0 spiro atoms. The highest BCUT2D eigenvalue weighted by Gasteiger charge is 2.16. The van der Waals surface area contributed by atoms with Crippen molar-refractivity contribution in [2.45, 2.75) is 13.5 Å². The molecule has 7 nitrogen and oxygen atoms in total. The van der Waals surface area contributed by atoms with Crippen molar-refractivity contribution in [2.24, 2.45) is 0 Å². The number of para-hydroxylation sites is 2. The molecule has 0 fully saturated rings. The standard InChI is InChI=1S/C23H24N4O3/c1-17-12-13-20(22(14-17)27(29)30)25-23(28)15-24-19-10-6-7-11-21(19)26(2)16-18-8-4-3-5-9-18/h3-14,24H,15-16H2,1-2H3,(H,25,28). The molecule has 0 unspecified atom stereocenters. The average Bonchev–Trinajstić information content (AvgIpc) is 2.74. The van der Waals surface area contributed by atoms with Crippen molar-refractivity contribution in [2.75, 3.05) is 29.1 Å². The smallest absolute Gasteiger partial charge is 0.293 e. The lowest BCUT2D eigenvalue weighted by atomic mass is 10.2. The van der Waals surface area contributed by atoms with Crippen molar-refractivity contribution in [3.05, 3.63) is 94.0 Å². The van der Waals surface area contributed by atoms with Crippen LogP contribution < -0.4 is 15.5 Å². The minimum absolute atomic E-state index is 0.0127. The Bertz CT molecular complexity index is 1040. The third-order valence-electron chi connectivity index (χ3n) is 4.64. The van der Waals surface area contributed by atoms with Crippen molar-refractivity contribution in [3.63, 3.8) is 0 Å². The molecule has 30 heavy (non-hydrogen) atoms. The summed E-state index contributed by atoms with van der Waals surface area (Å²) in [5, 5.41) is 17.0. The zero-order valence-electron chi connectivity index (χ0n) is 17.0. The maximum atomic E-state index is 12.4. The molecule has 0 radical (unpaired) electrons. The first-order chi connectivity index (χ1) is 14.4. The van der Waals surface area contributed by atoms with E-state index >= 15 is 0 Å². The third-order valence-corrected chi connectivity index (χ3v) is 4.64. The number of benzene rings is 3. The third kappa shape index (κ3) is 5.35. The van der Waals surface area contributed by atoms with Gasteiger partial charge in [0.15, 0.2) is 0 Å². The van der Waals surface area contributed by atoms with Gasteiger partial charge in [-0.1, -0.05) is 48.5 Å². The van der Waals surface area contributed by atoms with Gasteiger partial charge in [0.2, 0.25) is 5.91 Å². The molecular weight excluding hydrogens is 380 g/mol. The summed E-state index contributed by atoms with van der Waals surface area (Å²) in [6, 6.07) is 22.5. The number of nitrogens with zero attached hydrogens (tertiary/aromatic N) is 2. The molecule has 1 amide bonds. The molecule has 3 aromatic carbocycles. The van der Waals surface area contributed by atoms with Crippen molar-refractivity contribution in [1.29, 1.82) is 0 Å². The average molecular weight is 404 g/mol. The van der Waals surface area contributed by atoms with Gasteiger partial charge in [-0.3, -0.25) is 14.9 Å². The molecule has 2 N–H and O–H groups in total. The lowest BCUT2D eigenvalue weighted by Gasteiger charge is -2.23. The summed E-state index contributed by atoms with van der Waals surface area (Å²) in [4.78, 5) is 25.2. The Morgan fingerprint density at radius 1 is 1.00 bits per heavy atom. The Kier molecular flexibility index (Phi) is 6.64. The molecule has 0 saturated heterocycles. The van der Waals surface area contributed by atoms with Crippen molar-refractivity contribution < 1.29 is 9.72 Å². The first-order valence-electron chi connectivity index (χ1n) is 9.57. The number of nitro groups is 1. The molecule has 3 rings (SSSR count). The highest BCUT2D eigenvalue weighted by atomic mass is 16.6. The number of amides is 1. The number of nitro benzene ring substituents is 1. The van der Waals surface area contributed by atoms with Crippen LogP contribution in [0.25, 0.3) is 0 Å². The van der Waals surface area contributed by atoms with Crippen molar-refractivity contribution >= 4 is 28.7 Å². The minimum Gasteiger partial charge on any atom is -0.374 e. The van der Waals surface area contributed by atoms with Crippen LogP contribution in [0.5, 0.6) is 0 Å². The second-order valence-electron chi connectivity index (χ2n) is 7.04. The number of nitrogens with one attached hydrogen (secondary N) is 2. The van der Waals surface area contributed by atoms with Gasteiger partial charge in [-0.15, -0.1) is 0 Å². The predicted molar refractivity (Wildman–Crippen MR) is 120 cm³/mol. The SMILES string of the molecule is Cc1ccc(NC(=O)CNc2ccccc2N(C)Cc2ccccc2)c([N+](=O)[O-])c1. The van der Waals surface area contributed by atoms with Crippen LogP contribution in [-0.4, -0.2) is 24.4 Å². The van der Waals surface area contributed by atoms with E-state index in [1.807, 2.05) is 49.5 Å². The zero-order chi connectivity index (χ0) is 21.5. The Morgan fingerprint density at radius 2 is 1.70 bits per heavy atom. The first-order valence-corrected chi connectivity index (χ1v) is 9.57. The van der Waals surface area contributed by atoms with E-state index in [0.717, 1.165) is 23.5 Å². The summed E-state index contributed by atoms with van der Waals surface area (Å²) in [6.07, 6.45) is 0. The molecular formula is C23H24N4O3. The summed E-state index contributed by atoms with van der Waals surface area (Å²) in [5.74, 6) is -0.359. The molecule has 0 bridgehead atoms. The summed E-state index contributed by atoms with van der Waals surface area (Å²) in [7, 11) is 1.99. The van der Waals surface area contributed by atoms with E-state index < -0.39 is 4.92 Å². The summed E-state index contributed by atoms with van der Waals surface area (Å²) in [6.45, 7) is 2.48. The summed E-state index contributed by atoms with van der Waals surface area (Å²) >= 11 is 0. The highest BCUT2D eigenvalue weighted by Crippen LogP contribution is 2.27. The fourth-order valence-electron chi connectivity index (χ4n) is 3.17. The van der Waals surface area contributed by atoms with Crippen LogP contribution in [0.1, 0.15) is 11.1 Å². The Hall–Kier alpha value is -3.87. The van der Waals surface area contributed by atoms with Gasteiger partial charge in [0.1, 0.15) is 5.69 Å². The molecule has 0 aromatic heterocycles. The second-order valence-corrected chi connectivity index (χ2v) is 7.04. The second kappa shape index (κ2) is 9.56. The molecule has 0 heterocycles. The van der Waals surface area contributed by atoms with Crippen LogP contribution in [0.2, 0.25) is 0 Å². The van der Waals surface area contributed by atoms with Crippen LogP contribution in [0.4, 0.5) is 22.7 Å². The summed E-state index contributed by atoms with van der Waals surface area (Å²) in [5.41, 5.74) is 3.77. The monoisotopic (exact) mass is 404 g/mol. The van der Waals surface area contributed by atoms with Gasteiger partial charge in [0.25, 0.3) is 5.69 Å². The number of hydrogen-bond donors (Lipinski definition) is 2.